The Morgan fingerprint density at radius 2 is 0.672 bits per heavy atom. The van der Waals surface area contributed by atoms with Gasteiger partial charge in [0.2, 0.25) is 0 Å². The second-order valence-electron chi connectivity index (χ2n) is 21.4. The van der Waals surface area contributed by atoms with Crippen molar-refractivity contribution < 1.29 is 42.1 Å². The van der Waals surface area contributed by atoms with Gasteiger partial charge in [-0.05, 0) is 12.8 Å². The van der Waals surface area contributed by atoms with Crippen molar-refractivity contribution in [3.63, 3.8) is 0 Å². The summed E-state index contributed by atoms with van der Waals surface area (Å²) in [7, 11) is 1.19. The summed E-state index contributed by atoms with van der Waals surface area (Å²) in [5.74, 6) is -0.809. The number of unbranched alkanes of at least 4 members (excludes halogenated alkanes) is 41. The Balaban J connectivity index is 4.11. The van der Waals surface area contributed by atoms with Crippen LogP contribution in [0.15, 0.2) is 0 Å². The predicted octanol–water partition coefficient (Wildman–Crippen LogP) is 17.2. The molecule has 0 aliphatic heterocycles. The van der Waals surface area contributed by atoms with E-state index in [4.69, 9.17) is 18.5 Å². The molecule has 0 aromatic rings. The van der Waals surface area contributed by atoms with Gasteiger partial charge in [-0.25, -0.2) is 0 Å². The summed E-state index contributed by atoms with van der Waals surface area (Å²) in [6, 6.07) is 0. The molecule has 67 heavy (non-hydrogen) atoms. The molecule has 0 aromatic heterocycles. The van der Waals surface area contributed by atoms with Crippen LogP contribution in [0.2, 0.25) is 0 Å². The summed E-state index contributed by atoms with van der Waals surface area (Å²) in [6.45, 7) is 4.32. The lowest BCUT2D eigenvalue weighted by Crippen LogP contribution is -2.37. The molecule has 0 N–H and O–H groups in total. The second kappa shape index (κ2) is 50.0. The van der Waals surface area contributed by atoms with Gasteiger partial charge in [-0.15, -0.1) is 0 Å². The average molecular weight is 973 g/mol. The maximum atomic E-state index is 12.8. The smallest absolute Gasteiger partial charge is 0.306 e. The van der Waals surface area contributed by atoms with Crippen LogP contribution in [0.25, 0.3) is 0 Å². The van der Waals surface area contributed by atoms with E-state index in [0.717, 1.165) is 32.1 Å². The molecule has 2 atom stereocenters. The third kappa shape index (κ3) is 54.2. The topological polar surface area (TPSA) is 111 Å². The number of phosphoric ester groups is 1. The number of ether oxygens (including phenoxy) is 2. The molecule has 400 valence electrons. The lowest BCUT2D eigenvalue weighted by Gasteiger charge is -2.28. The molecule has 0 heterocycles. The zero-order chi connectivity index (χ0) is 49.2. The largest absolute Gasteiger partial charge is 0.756 e. The molecule has 0 saturated carbocycles. The molecule has 0 aliphatic carbocycles. The summed E-state index contributed by atoms with van der Waals surface area (Å²) in [5, 5.41) is 0. The third-order valence-corrected chi connectivity index (χ3v) is 14.3. The van der Waals surface area contributed by atoms with Gasteiger partial charge < -0.3 is 27.9 Å². The monoisotopic (exact) mass is 972 g/mol. The van der Waals surface area contributed by atoms with E-state index in [-0.39, 0.29) is 32.0 Å². The first kappa shape index (κ1) is 66.0. The SMILES string of the molecule is CCCCCCCCCCCCCCCCCCCCCCCCC(=O)OC(COC(=O)CCCCCCCCCCCCCCCCCCCCCCC)COP(=O)([O-])OCC[N+](C)(C)C. The van der Waals surface area contributed by atoms with Gasteiger partial charge in [0.15, 0.2) is 6.10 Å². The van der Waals surface area contributed by atoms with E-state index in [1.807, 2.05) is 21.1 Å². The number of phosphoric acid groups is 1. The van der Waals surface area contributed by atoms with Gasteiger partial charge in [0.1, 0.15) is 19.8 Å². The minimum absolute atomic E-state index is 0.0251. The van der Waals surface area contributed by atoms with E-state index in [1.165, 1.54) is 238 Å². The number of rotatable bonds is 55. The Morgan fingerprint density at radius 3 is 0.955 bits per heavy atom. The maximum absolute atomic E-state index is 12.8. The van der Waals surface area contributed by atoms with Crippen molar-refractivity contribution in [2.45, 2.75) is 309 Å². The number of hydrogen-bond donors (Lipinski definition) is 0. The lowest BCUT2D eigenvalue weighted by molar-refractivity contribution is -0.870. The Kier molecular flexibility index (Phi) is 49.2. The number of esters is 2. The van der Waals surface area contributed by atoms with Crippen molar-refractivity contribution in [1.82, 2.24) is 0 Å². The standard InChI is InChI=1S/C57H114NO8P/c1-6-8-10-12-14-16-18-20-22-24-26-28-30-32-34-36-38-40-42-44-46-48-50-57(60)66-55(54-65-67(61,62)64-52-51-58(3,4)5)53-63-56(59)49-47-45-43-41-39-37-35-33-31-29-27-25-23-21-19-17-15-13-11-9-7-2/h55H,6-54H2,1-5H3. The first-order valence-corrected chi connectivity index (χ1v) is 30.7. The molecule has 0 fully saturated rings. The molecular formula is C57H114NO8P. The van der Waals surface area contributed by atoms with Crippen molar-refractivity contribution in [2.75, 3.05) is 47.5 Å². The maximum Gasteiger partial charge on any atom is 0.306 e. The van der Waals surface area contributed by atoms with Gasteiger partial charge >= 0.3 is 11.9 Å². The zero-order valence-electron chi connectivity index (χ0n) is 45.4. The normalized spacial score (nSPS) is 13.2. The highest BCUT2D eigenvalue weighted by molar-refractivity contribution is 7.45. The molecule has 0 amide bonds. The average Bonchev–Trinajstić information content (AvgIpc) is 3.29. The second-order valence-corrected chi connectivity index (χ2v) is 22.8. The zero-order valence-corrected chi connectivity index (χ0v) is 46.3. The first-order chi connectivity index (χ1) is 32.5. The molecule has 10 heteroatoms. The van der Waals surface area contributed by atoms with E-state index >= 15 is 0 Å². The fraction of sp³-hybridized carbons (Fsp3) is 0.965. The minimum atomic E-state index is -4.63. The number of hydrogen-bond acceptors (Lipinski definition) is 8. The number of quaternary nitrogens is 1. The Hall–Kier alpha value is -0.990. The summed E-state index contributed by atoms with van der Waals surface area (Å²) >= 11 is 0. The molecule has 0 bridgehead atoms. The van der Waals surface area contributed by atoms with Crippen LogP contribution in [0.4, 0.5) is 0 Å². The van der Waals surface area contributed by atoms with Crippen LogP contribution in [-0.4, -0.2) is 70.0 Å². The molecule has 0 aliphatic rings. The van der Waals surface area contributed by atoms with Gasteiger partial charge in [0.25, 0.3) is 7.82 Å². The van der Waals surface area contributed by atoms with Crippen LogP contribution >= 0.6 is 7.82 Å². The number of likely N-dealkylation sites (N-methyl/N-ethyl adjacent to an activating group) is 1. The number of carbonyl (C=O) groups is 2. The molecule has 0 aromatic carbocycles. The number of nitrogens with zero attached hydrogens (tertiary/aromatic N) is 1. The van der Waals surface area contributed by atoms with E-state index in [2.05, 4.69) is 13.8 Å². The van der Waals surface area contributed by atoms with Gasteiger partial charge in [-0.3, -0.25) is 14.2 Å². The van der Waals surface area contributed by atoms with Crippen LogP contribution < -0.4 is 4.89 Å². The van der Waals surface area contributed by atoms with Crippen LogP contribution in [0, 0.1) is 0 Å². The predicted molar refractivity (Wildman–Crippen MR) is 282 cm³/mol. The highest BCUT2D eigenvalue weighted by Crippen LogP contribution is 2.38. The molecule has 9 nitrogen and oxygen atoms in total. The Labute approximate surface area is 416 Å². The molecule has 0 rings (SSSR count). The molecule has 0 spiro atoms. The van der Waals surface area contributed by atoms with E-state index in [9.17, 15) is 19.0 Å². The molecule has 0 saturated heterocycles. The molecular weight excluding hydrogens is 858 g/mol. The van der Waals surface area contributed by atoms with Crippen molar-refractivity contribution in [3.8, 4) is 0 Å². The summed E-state index contributed by atoms with van der Waals surface area (Å²) in [4.78, 5) is 37.9. The first-order valence-electron chi connectivity index (χ1n) is 29.2. The van der Waals surface area contributed by atoms with E-state index in [1.54, 1.807) is 0 Å². The van der Waals surface area contributed by atoms with E-state index in [0.29, 0.717) is 17.4 Å². The Morgan fingerprint density at radius 1 is 0.403 bits per heavy atom. The highest BCUT2D eigenvalue weighted by atomic mass is 31.2. The highest BCUT2D eigenvalue weighted by Gasteiger charge is 2.22. The van der Waals surface area contributed by atoms with Crippen molar-refractivity contribution in [3.05, 3.63) is 0 Å². The fourth-order valence-electron chi connectivity index (χ4n) is 8.84. The summed E-state index contributed by atoms with van der Waals surface area (Å²) in [6.07, 6.45) is 55.7. The van der Waals surface area contributed by atoms with Crippen molar-refractivity contribution in [1.29, 1.82) is 0 Å². The van der Waals surface area contributed by atoms with Gasteiger partial charge in [0, 0.05) is 12.8 Å². The van der Waals surface area contributed by atoms with E-state index < -0.39 is 26.5 Å². The summed E-state index contributed by atoms with van der Waals surface area (Å²) < 4.78 is 34.2. The van der Waals surface area contributed by atoms with Gasteiger partial charge in [0.05, 0.1) is 27.7 Å². The van der Waals surface area contributed by atoms with Gasteiger partial charge in [-0.1, -0.05) is 277 Å². The molecule has 2 unspecified atom stereocenters. The third-order valence-electron chi connectivity index (χ3n) is 13.4. The van der Waals surface area contributed by atoms with Crippen LogP contribution in [0.3, 0.4) is 0 Å². The quantitative estimate of drug-likeness (QED) is 0.0256. The van der Waals surface area contributed by atoms with Crippen LogP contribution in [0.5, 0.6) is 0 Å². The van der Waals surface area contributed by atoms with Crippen LogP contribution in [0.1, 0.15) is 303 Å². The van der Waals surface area contributed by atoms with Crippen molar-refractivity contribution >= 4 is 19.8 Å². The summed E-state index contributed by atoms with van der Waals surface area (Å²) in [5.41, 5.74) is 0. The minimum Gasteiger partial charge on any atom is -0.756 e. The fourth-order valence-corrected chi connectivity index (χ4v) is 9.57. The lowest BCUT2D eigenvalue weighted by atomic mass is 10.0. The van der Waals surface area contributed by atoms with Gasteiger partial charge in [-0.2, -0.15) is 0 Å². The van der Waals surface area contributed by atoms with Crippen molar-refractivity contribution in [2.24, 2.45) is 0 Å². The molecule has 0 radical (unpaired) electrons. The number of carbonyl (C=O) groups excluding carboxylic acids is 2. The Bertz CT molecular complexity index is 1100. The van der Waals surface area contributed by atoms with Crippen LogP contribution in [-0.2, 0) is 32.7 Å².